The molecule has 1 amide bonds. The predicted octanol–water partition coefficient (Wildman–Crippen LogP) is 2.84. The Labute approximate surface area is 200 Å². The fraction of sp³-hybridized carbons (Fsp3) is 0.560. The van der Waals surface area contributed by atoms with Gasteiger partial charge in [0.2, 0.25) is 5.91 Å². The molecule has 1 aromatic carbocycles. The fourth-order valence-corrected chi connectivity index (χ4v) is 6.39. The molecule has 0 radical (unpaired) electrons. The van der Waals surface area contributed by atoms with Gasteiger partial charge in [-0.25, -0.2) is 0 Å². The van der Waals surface area contributed by atoms with Crippen molar-refractivity contribution in [1.82, 2.24) is 15.2 Å². The molecule has 2 atom stereocenters. The number of nitrogens with zero attached hydrogens (tertiary/aromatic N) is 4. The molecular formula is C25H26F3N5O2. The fourth-order valence-electron chi connectivity index (χ4n) is 6.39. The number of morpholine rings is 1. The minimum Gasteiger partial charge on any atom is -0.379 e. The zero-order valence-electron chi connectivity index (χ0n) is 19.1. The normalized spacial score (nSPS) is 32.6. The van der Waals surface area contributed by atoms with E-state index in [1.54, 1.807) is 35.4 Å². The molecule has 0 spiro atoms. The minimum atomic E-state index is -4.49. The summed E-state index contributed by atoms with van der Waals surface area (Å²) >= 11 is 0. The number of amides is 1. The van der Waals surface area contributed by atoms with Gasteiger partial charge in [-0.3, -0.25) is 14.7 Å². The van der Waals surface area contributed by atoms with Crippen molar-refractivity contribution < 1.29 is 22.7 Å². The van der Waals surface area contributed by atoms with Crippen molar-refractivity contribution in [3.05, 3.63) is 36.0 Å². The molecule has 0 bridgehead atoms. The molecule has 0 unspecified atom stereocenters. The molecule has 2 aromatic rings. The van der Waals surface area contributed by atoms with Gasteiger partial charge in [0, 0.05) is 55.5 Å². The zero-order chi connectivity index (χ0) is 24.4. The number of anilines is 1. The second-order valence-corrected chi connectivity index (χ2v) is 10.3. The number of carbonyl (C=O) groups is 1. The molecule has 2 aliphatic heterocycles. The number of hydrogen-bond donors (Lipinski definition) is 1. The van der Waals surface area contributed by atoms with Crippen molar-refractivity contribution in [2.45, 2.75) is 37.5 Å². The number of aromatic nitrogens is 1. The van der Waals surface area contributed by atoms with Crippen molar-refractivity contribution in [2.75, 3.05) is 44.3 Å². The van der Waals surface area contributed by atoms with Crippen molar-refractivity contribution in [3.8, 4) is 6.07 Å². The first-order valence-corrected chi connectivity index (χ1v) is 12.0. The Balaban J connectivity index is 1.23. The number of piperidine rings is 1. The smallest absolute Gasteiger partial charge is 0.379 e. The summed E-state index contributed by atoms with van der Waals surface area (Å²) in [6.45, 7) is 2.82. The average Bonchev–Trinajstić information content (AvgIpc) is 3.38. The van der Waals surface area contributed by atoms with Gasteiger partial charge >= 0.3 is 6.18 Å². The Bertz CT molecular complexity index is 1220. The van der Waals surface area contributed by atoms with E-state index in [0.29, 0.717) is 41.4 Å². The summed E-state index contributed by atoms with van der Waals surface area (Å²) in [4.78, 5) is 21.6. The first kappa shape index (κ1) is 22.6. The van der Waals surface area contributed by atoms with Gasteiger partial charge in [-0.05, 0) is 43.5 Å². The summed E-state index contributed by atoms with van der Waals surface area (Å²) in [5.41, 5.74) is -2.15. The molecule has 35 heavy (non-hydrogen) atoms. The molecule has 6 rings (SSSR count). The number of ether oxygens (including phenoxy) is 1. The topological polar surface area (TPSA) is 81.5 Å². The largest absolute Gasteiger partial charge is 0.397 e. The number of halogens is 3. The van der Waals surface area contributed by atoms with E-state index in [0.717, 1.165) is 25.9 Å². The number of alkyl halides is 3. The van der Waals surface area contributed by atoms with Crippen molar-refractivity contribution in [1.29, 1.82) is 5.26 Å². The van der Waals surface area contributed by atoms with E-state index in [4.69, 9.17) is 4.74 Å². The number of rotatable bonds is 4. The summed E-state index contributed by atoms with van der Waals surface area (Å²) in [6, 6.07) is 9.06. The number of carbonyl (C=O) groups excluding carboxylic acids is 1. The van der Waals surface area contributed by atoms with Crippen LogP contribution in [0.4, 0.5) is 18.9 Å². The number of fused-ring (bicyclic) bond motifs is 2. The molecule has 184 valence electrons. The highest BCUT2D eigenvalue weighted by molar-refractivity contribution is 5.97. The van der Waals surface area contributed by atoms with Crippen molar-refractivity contribution >= 4 is 22.5 Å². The second-order valence-electron chi connectivity index (χ2n) is 10.3. The summed E-state index contributed by atoms with van der Waals surface area (Å²) in [5, 5.41) is 13.0. The van der Waals surface area contributed by atoms with Crippen molar-refractivity contribution in [2.24, 2.45) is 10.8 Å². The summed E-state index contributed by atoms with van der Waals surface area (Å²) in [7, 11) is 0. The van der Waals surface area contributed by atoms with E-state index in [9.17, 15) is 23.2 Å². The van der Waals surface area contributed by atoms with Crippen LogP contribution in [0.15, 0.2) is 30.5 Å². The number of pyridine rings is 1. The van der Waals surface area contributed by atoms with Crippen LogP contribution >= 0.6 is 0 Å². The Hall–Kier alpha value is -2.90. The van der Waals surface area contributed by atoms with Gasteiger partial charge in [0.05, 0.1) is 29.7 Å². The molecular weight excluding hydrogens is 459 g/mol. The van der Waals surface area contributed by atoms with Gasteiger partial charge in [-0.15, -0.1) is 0 Å². The third kappa shape index (κ3) is 3.32. The van der Waals surface area contributed by atoms with E-state index >= 15 is 0 Å². The number of nitriles is 1. The van der Waals surface area contributed by atoms with E-state index in [1.807, 2.05) is 0 Å². The zero-order valence-corrected chi connectivity index (χ0v) is 19.1. The maximum atomic E-state index is 14.4. The van der Waals surface area contributed by atoms with Gasteiger partial charge in [-0.2, -0.15) is 18.4 Å². The lowest BCUT2D eigenvalue weighted by molar-refractivity contribution is -0.192. The molecule has 2 saturated heterocycles. The van der Waals surface area contributed by atoms with Crippen LogP contribution in [0.1, 0.15) is 24.8 Å². The molecule has 4 fully saturated rings. The Morgan fingerprint density at radius 3 is 2.69 bits per heavy atom. The Kier molecular flexibility index (Phi) is 5.03. The van der Waals surface area contributed by atoms with Crippen LogP contribution in [0, 0.1) is 22.2 Å². The van der Waals surface area contributed by atoms with Crippen LogP contribution < -0.4 is 10.2 Å². The van der Waals surface area contributed by atoms with Crippen LogP contribution in [0.2, 0.25) is 0 Å². The molecule has 10 heteroatoms. The highest BCUT2D eigenvalue weighted by atomic mass is 19.4. The highest BCUT2D eigenvalue weighted by Crippen LogP contribution is 2.75. The first-order chi connectivity index (χ1) is 16.8. The lowest BCUT2D eigenvalue weighted by atomic mass is 9.84. The molecule has 2 saturated carbocycles. The number of hydrogen-bond acceptors (Lipinski definition) is 6. The molecule has 1 N–H and O–H groups in total. The lowest BCUT2D eigenvalue weighted by Gasteiger charge is -2.44. The quantitative estimate of drug-likeness (QED) is 0.718. The molecule has 7 nitrogen and oxygen atoms in total. The maximum absolute atomic E-state index is 14.4. The predicted molar refractivity (Wildman–Crippen MR) is 122 cm³/mol. The SMILES string of the molecule is N#Cc1ccc(N2C[C@]3(C(=O)N[C@H]4C[C@H](N5CCOCC5)C4)C[C@]3(C(F)(F)F)C2)c2cccnc12. The average molecular weight is 486 g/mol. The van der Waals surface area contributed by atoms with E-state index < -0.39 is 22.9 Å². The van der Waals surface area contributed by atoms with Crippen LogP contribution in [0.25, 0.3) is 10.9 Å². The van der Waals surface area contributed by atoms with Gasteiger partial charge in [-0.1, -0.05) is 0 Å². The second kappa shape index (κ2) is 7.80. The van der Waals surface area contributed by atoms with Gasteiger partial charge in [0.1, 0.15) is 11.5 Å². The monoisotopic (exact) mass is 485 g/mol. The third-order valence-corrected chi connectivity index (χ3v) is 8.51. The third-order valence-electron chi connectivity index (χ3n) is 8.51. The van der Waals surface area contributed by atoms with E-state index in [1.165, 1.54) is 0 Å². The maximum Gasteiger partial charge on any atom is 0.397 e. The van der Waals surface area contributed by atoms with Crippen LogP contribution in [-0.4, -0.2) is 73.4 Å². The molecule has 4 aliphatic rings. The van der Waals surface area contributed by atoms with E-state index in [2.05, 4.69) is 21.3 Å². The van der Waals surface area contributed by atoms with E-state index in [-0.39, 0.29) is 25.6 Å². The Morgan fingerprint density at radius 2 is 1.97 bits per heavy atom. The molecule has 2 aliphatic carbocycles. The van der Waals surface area contributed by atoms with Crippen LogP contribution in [0.5, 0.6) is 0 Å². The summed E-state index contributed by atoms with van der Waals surface area (Å²) in [6.07, 6.45) is -1.59. The first-order valence-electron chi connectivity index (χ1n) is 12.0. The highest BCUT2D eigenvalue weighted by Gasteiger charge is 2.86. The summed E-state index contributed by atoms with van der Waals surface area (Å²) in [5.74, 6) is -0.487. The standard InChI is InChI=1S/C25H26F3N5O2/c26-25(27,28)24-13-23(24,22(34)31-17-10-18(11-17)32-6-8-35-9-7-32)14-33(15-24)20-4-3-16(12-29)21-19(20)2-1-5-30-21/h1-5,17-18H,6-11,13-15H2,(H,31,34)/t17-,18-,23-,24-/m0/s1. The van der Waals surface area contributed by atoms with Crippen LogP contribution in [0.3, 0.4) is 0 Å². The molecule has 1 aromatic heterocycles. The van der Waals surface area contributed by atoms with Gasteiger partial charge < -0.3 is 15.0 Å². The lowest BCUT2D eigenvalue weighted by Crippen LogP contribution is -2.57. The minimum absolute atomic E-state index is 0.00610. The summed E-state index contributed by atoms with van der Waals surface area (Å²) < 4.78 is 48.5. The van der Waals surface area contributed by atoms with Crippen LogP contribution in [-0.2, 0) is 9.53 Å². The van der Waals surface area contributed by atoms with Gasteiger partial charge in [0.15, 0.2) is 0 Å². The Morgan fingerprint density at radius 1 is 1.20 bits per heavy atom. The molecule has 3 heterocycles. The number of nitrogens with one attached hydrogen (secondary N) is 1. The van der Waals surface area contributed by atoms with Gasteiger partial charge in [0.25, 0.3) is 0 Å². The number of benzene rings is 1. The van der Waals surface area contributed by atoms with Crippen molar-refractivity contribution in [3.63, 3.8) is 0 Å².